The summed E-state index contributed by atoms with van der Waals surface area (Å²) >= 11 is 1.49. The highest BCUT2D eigenvalue weighted by molar-refractivity contribution is 7.10. The number of nitrogens with one attached hydrogen (secondary N) is 1. The van der Waals surface area contributed by atoms with E-state index in [-0.39, 0.29) is 0 Å². The number of pyridine rings is 1. The maximum Gasteiger partial charge on any atom is 0.245 e. The van der Waals surface area contributed by atoms with Gasteiger partial charge < -0.3 is 15.2 Å². The van der Waals surface area contributed by atoms with Gasteiger partial charge in [0.15, 0.2) is 0 Å². The molecule has 0 bridgehead atoms. The molecule has 1 atom stereocenters. The van der Waals surface area contributed by atoms with Crippen molar-refractivity contribution in [2.45, 2.75) is 12.2 Å². The first kappa shape index (κ1) is 15.0. The molecule has 2 N–H and O–H groups in total. The van der Waals surface area contributed by atoms with Crippen LogP contribution in [0.5, 0.6) is 5.75 Å². The summed E-state index contributed by atoms with van der Waals surface area (Å²) in [6.07, 6.45) is 2.21. The van der Waals surface area contributed by atoms with Crippen molar-refractivity contribution in [2.24, 2.45) is 0 Å². The zero-order valence-electron chi connectivity index (χ0n) is 12.3. The number of nitrogens with zero attached hydrogens (tertiary/aromatic N) is 1. The molecule has 0 fully saturated rings. The summed E-state index contributed by atoms with van der Waals surface area (Å²) in [5.74, 6) is -0.709. The second-order valence-electron chi connectivity index (χ2n) is 5.04. The summed E-state index contributed by atoms with van der Waals surface area (Å²) in [5, 5.41) is 16.9. The van der Waals surface area contributed by atoms with Crippen LogP contribution in [-0.4, -0.2) is 23.7 Å². The smallest absolute Gasteiger partial charge is 0.245 e. The predicted molar refractivity (Wildman–Crippen MR) is 89.1 cm³/mol. The van der Waals surface area contributed by atoms with Gasteiger partial charge in [0, 0.05) is 24.5 Å². The van der Waals surface area contributed by atoms with Crippen LogP contribution in [0.2, 0.25) is 0 Å². The number of ether oxygens (including phenoxy) is 1. The minimum Gasteiger partial charge on any atom is -0.457 e. The molecule has 0 unspecified atom stereocenters. The van der Waals surface area contributed by atoms with Gasteiger partial charge >= 0.3 is 0 Å². The molecule has 0 spiro atoms. The average Bonchev–Trinajstić information content (AvgIpc) is 3.09. The maximum atomic E-state index is 11.0. The molecule has 1 aromatic carbocycles. The van der Waals surface area contributed by atoms with E-state index in [0.717, 1.165) is 15.8 Å². The fourth-order valence-corrected chi connectivity index (χ4v) is 3.15. The van der Waals surface area contributed by atoms with Crippen molar-refractivity contribution >= 4 is 22.2 Å². The Hall–Kier alpha value is -1.95. The molecule has 3 aromatic rings. The maximum absolute atomic E-state index is 11.0. The van der Waals surface area contributed by atoms with Gasteiger partial charge in [-0.05, 0) is 42.8 Å². The third-order valence-electron chi connectivity index (χ3n) is 3.50. The molecule has 0 aliphatic carbocycles. The van der Waals surface area contributed by atoms with E-state index in [1.165, 1.54) is 11.3 Å². The lowest BCUT2D eigenvalue weighted by molar-refractivity contribution is -0.146. The van der Waals surface area contributed by atoms with Crippen LogP contribution < -0.4 is 10.1 Å². The minimum absolute atomic E-state index is 0.459. The van der Waals surface area contributed by atoms with Gasteiger partial charge in [-0.15, -0.1) is 11.3 Å². The summed E-state index contributed by atoms with van der Waals surface area (Å²) in [4.78, 5) is 5.12. The fourth-order valence-electron chi connectivity index (χ4n) is 2.37. The Balaban J connectivity index is 1.99. The van der Waals surface area contributed by atoms with Crippen molar-refractivity contribution in [3.05, 3.63) is 58.9 Å². The van der Waals surface area contributed by atoms with Crippen molar-refractivity contribution in [3.8, 4) is 5.75 Å². The number of aromatic nitrogens is 1. The van der Waals surface area contributed by atoms with Gasteiger partial charge in [0.05, 0.1) is 10.4 Å². The van der Waals surface area contributed by atoms with Gasteiger partial charge in [-0.3, -0.25) is 4.98 Å². The molecular formula is C17H18N2O2S. The normalized spacial score (nSPS) is 13.9. The van der Waals surface area contributed by atoms with E-state index in [1.807, 2.05) is 54.9 Å². The van der Waals surface area contributed by atoms with Gasteiger partial charge in [0.2, 0.25) is 5.79 Å². The van der Waals surface area contributed by atoms with Crippen LogP contribution >= 0.6 is 11.3 Å². The highest BCUT2D eigenvalue weighted by Gasteiger charge is 2.33. The number of benzene rings is 1. The first-order valence-electron chi connectivity index (χ1n) is 7.17. The molecule has 0 amide bonds. The molecule has 4 nitrogen and oxygen atoms in total. The summed E-state index contributed by atoms with van der Waals surface area (Å²) in [7, 11) is 1.86. The second kappa shape index (κ2) is 6.44. The molecule has 114 valence electrons. The monoisotopic (exact) mass is 314 g/mol. The summed E-state index contributed by atoms with van der Waals surface area (Å²) in [5.41, 5.74) is 0.849. The Kier molecular flexibility index (Phi) is 4.38. The van der Waals surface area contributed by atoms with E-state index < -0.39 is 5.79 Å². The standard InChI is InChI=1S/C17H18N2O2S/c1-18-11-9-17(20,16-8-4-12-22-16)21-15-7-2-6-14-13(15)5-3-10-19-14/h2-8,10,12,18,20H,9,11H2,1H3/t17-/m1/s1. The van der Waals surface area contributed by atoms with Crippen LogP contribution in [0.15, 0.2) is 54.0 Å². The van der Waals surface area contributed by atoms with Crippen molar-refractivity contribution in [3.63, 3.8) is 0 Å². The van der Waals surface area contributed by atoms with Crippen molar-refractivity contribution in [1.82, 2.24) is 10.3 Å². The highest BCUT2D eigenvalue weighted by Crippen LogP contribution is 2.34. The molecule has 2 heterocycles. The van der Waals surface area contributed by atoms with E-state index in [0.29, 0.717) is 18.7 Å². The fraction of sp³-hybridized carbons (Fsp3) is 0.235. The summed E-state index contributed by atoms with van der Waals surface area (Å²) in [6, 6.07) is 13.3. The quantitative estimate of drug-likeness (QED) is 0.686. The largest absolute Gasteiger partial charge is 0.457 e. The lowest BCUT2D eigenvalue weighted by Gasteiger charge is -2.28. The SMILES string of the molecule is CNCC[C@@](O)(Oc1cccc2ncccc12)c1cccs1. The first-order valence-corrected chi connectivity index (χ1v) is 8.04. The number of thiophene rings is 1. The van der Waals surface area contributed by atoms with Gasteiger partial charge in [-0.25, -0.2) is 0 Å². The van der Waals surface area contributed by atoms with Crippen LogP contribution in [0.4, 0.5) is 0 Å². The molecule has 0 saturated heterocycles. The molecule has 0 radical (unpaired) electrons. The topological polar surface area (TPSA) is 54.4 Å². The Morgan fingerprint density at radius 3 is 2.91 bits per heavy atom. The Labute approximate surface area is 133 Å². The number of hydrogen-bond acceptors (Lipinski definition) is 5. The van der Waals surface area contributed by atoms with Crippen LogP contribution in [-0.2, 0) is 5.79 Å². The third kappa shape index (κ3) is 2.97. The molecule has 0 aliphatic heterocycles. The highest BCUT2D eigenvalue weighted by atomic mass is 32.1. The number of hydrogen-bond donors (Lipinski definition) is 2. The predicted octanol–water partition coefficient (Wildman–Crippen LogP) is 3.13. The lowest BCUT2D eigenvalue weighted by atomic mass is 10.1. The van der Waals surface area contributed by atoms with E-state index in [1.54, 1.807) is 6.20 Å². The van der Waals surface area contributed by atoms with Crippen LogP contribution in [0.1, 0.15) is 11.3 Å². The molecule has 3 rings (SSSR count). The first-order chi connectivity index (χ1) is 10.7. The zero-order chi connectivity index (χ0) is 15.4. The van der Waals surface area contributed by atoms with Crippen molar-refractivity contribution in [1.29, 1.82) is 0 Å². The Bertz CT molecular complexity index is 740. The number of rotatable bonds is 6. The van der Waals surface area contributed by atoms with Gasteiger partial charge in [0.25, 0.3) is 0 Å². The van der Waals surface area contributed by atoms with Crippen LogP contribution in [0, 0.1) is 0 Å². The molecule has 0 aliphatic rings. The van der Waals surface area contributed by atoms with Gasteiger partial charge in [-0.1, -0.05) is 12.1 Å². The van der Waals surface area contributed by atoms with E-state index in [2.05, 4.69) is 10.3 Å². The van der Waals surface area contributed by atoms with Gasteiger partial charge in [-0.2, -0.15) is 0 Å². The Morgan fingerprint density at radius 2 is 2.14 bits per heavy atom. The third-order valence-corrected chi connectivity index (χ3v) is 4.51. The molecule has 0 saturated carbocycles. The minimum atomic E-state index is -1.35. The molecule has 2 aromatic heterocycles. The Morgan fingerprint density at radius 1 is 1.23 bits per heavy atom. The van der Waals surface area contributed by atoms with E-state index in [4.69, 9.17) is 4.74 Å². The molecule has 22 heavy (non-hydrogen) atoms. The molecular weight excluding hydrogens is 296 g/mol. The summed E-state index contributed by atoms with van der Waals surface area (Å²) in [6.45, 7) is 0.650. The average molecular weight is 314 g/mol. The lowest BCUT2D eigenvalue weighted by Crippen LogP contribution is -2.35. The van der Waals surface area contributed by atoms with Crippen LogP contribution in [0.3, 0.4) is 0 Å². The van der Waals surface area contributed by atoms with E-state index in [9.17, 15) is 5.11 Å². The second-order valence-corrected chi connectivity index (χ2v) is 5.99. The van der Waals surface area contributed by atoms with Crippen molar-refractivity contribution in [2.75, 3.05) is 13.6 Å². The number of aliphatic hydroxyl groups is 1. The van der Waals surface area contributed by atoms with Crippen molar-refractivity contribution < 1.29 is 9.84 Å². The van der Waals surface area contributed by atoms with E-state index >= 15 is 0 Å². The molecule has 5 heteroatoms. The zero-order valence-corrected chi connectivity index (χ0v) is 13.1. The number of fused-ring (bicyclic) bond motifs is 1. The summed E-state index contributed by atoms with van der Waals surface area (Å²) < 4.78 is 6.05. The van der Waals surface area contributed by atoms with Gasteiger partial charge in [0.1, 0.15) is 5.75 Å². The van der Waals surface area contributed by atoms with Crippen LogP contribution in [0.25, 0.3) is 10.9 Å².